The Morgan fingerprint density at radius 3 is 2.79 bits per heavy atom. The highest BCUT2D eigenvalue weighted by Gasteiger charge is 2.10. The molecule has 3 nitrogen and oxygen atoms in total. The first-order valence-corrected chi connectivity index (χ1v) is 5.06. The van der Waals surface area contributed by atoms with Gasteiger partial charge in [-0.3, -0.25) is 9.98 Å². The molecule has 0 saturated heterocycles. The first kappa shape index (κ1) is 9.19. The lowest BCUT2D eigenvalue weighted by molar-refractivity contribution is 0.708. The number of hydrogen-bond donors (Lipinski definition) is 1. The molecule has 3 heteroatoms. The van der Waals surface area contributed by atoms with Gasteiger partial charge in [-0.2, -0.15) is 0 Å². The van der Waals surface area contributed by atoms with Crippen molar-refractivity contribution in [1.82, 2.24) is 10.3 Å². The molecule has 0 spiro atoms. The van der Waals surface area contributed by atoms with Crippen molar-refractivity contribution in [2.75, 3.05) is 6.54 Å². The van der Waals surface area contributed by atoms with E-state index in [2.05, 4.69) is 22.2 Å². The van der Waals surface area contributed by atoms with Gasteiger partial charge in [0, 0.05) is 31.4 Å². The van der Waals surface area contributed by atoms with Crippen LogP contribution in [0.5, 0.6) is 0 Å². The Labute approximate surface area is 84.3 Å². The second-order valence-corrected chi connectivity index (χ2v) is 3.58. The summed E-state index contributed by atoms with van der Waals surface area (Å²) in [6.45, 7) is 3.13. The Morgan fingerprint density at radius 2 is 2.14 bits per heavy atom. The average molecular weight is 189 g/mol. The highest BCUT2D eigenvalue weighted by Crippen LogP contribution is 2.12. The van der Waals surface area contributed by atoms with Gasteiger partial charge in [-0.15, -0.1) is 0 Å². The Hall–Kier alpha value is -1.38. The van der Waals surface area contributed by atoms with Crippen LogP contribution >= 0.6 is 0 Å². The van der Waals surface area contributed by atoms with Gasteiger partial charge in [0.25, 0.3) is 0 Å². The molecule has 0 fully saturated rings. The summed E-state index contributed by atoms with van der Waals surface area (Å²) in [5.41, 5.74) is 1.26. The van der Waals surface area contributed by atoms with Crippen LogP contribution in [-0.4, -0.2) is 17.4 Å². The largest absolute Gasteiger partial charge is 0.367 e. The molecular weight excluding hydrogens is 174 g/mol. The quantitative estimate of drug-likeness (QED) is 0.771. The molecule has 1 aromatic rings. The second-order valence-electron chi connectivity index (χ2n) is 3.58. The van der Waals surface area contributed by atoms with Crippen molar-refractivity contribution in [2.24, 2.45) is 4.99 Å². The lowest BCUT2D eigenvalue weighted by Gasteiger charge is -2.14. The number of pyridine rings is 1. The molecule has 1 aliphatic heterocycles. The van der Waals surface area contributed by atoms with Gasteiger partial charge >= 0.3 is 0 Å². The topological polar surface area (TPSA) is 37.3 Å². The van der Waals surface area contributed by atoms with Crippen molar-refractivity contribution in [3.05, 3.63) is 30.1 Å². The first-order chi connectivity index (χ1) is 6.86. The fraction of sp³-hybridized carbons (Fsp3) is 0.455. The first-order valence-electron chi connectivity index (χ1n) is 5.06. The fourth-order valence-electron chi connectivity index (χ4n) is 1.64. The number of nitrogens with zero attached hydrogens (tertiary/aromatic N) is 2. The van der Waals surface area contributed by atoms with Crippen molar-refractivity contribution < 1.29 is 0 Å². The normalized spacial score (nSPS) is 17.6. The zero-order chi connectivity index (χ0) is 9.80. The predicted molar refractivity (Wildman–Crippen MR) is 57.3 cm³/mol. The van der Waals surface area contributed by atoms with E-state index in [-0.39, 0.29) is 0 Å². The van der Waals surface area contributed by atoms with Crippen LogP contribution in [0.4, 0.5) is 0 Å². The number of hydrogen-bond acceptors (Lipinski definition) is 3. The van der Waals surface area contributed by atoms with Gasteiger partial charge in [-0.05, 0) is 31.0 Å². The highest BCUT2D eigenvalue weighted by molar-refractivity contribution is 5.83. The van der Waals surface area contributed by atoms with Crippen LogP contribution in [0, 0.1) is 0 Å². The van der Waals surface area contributed by atoms with Gasteiger partial charge in [0.15, 0.2) is 0 Å². The Morgan fingerprint density at radius 1 is 1.36 bits per heavy atom. The maximum atomic E-state index is 4.39. The maximum Gasteiger partial charge on any atom is 0.0968 e. The Kier molecular flexibility index (Phi) is 2.77. The number of rotatable bonds is 2. The Balaban J connectivity index is 1.99. The van der Waals surface area contributed by atoms with Gasteiger partial charge in [0.2, 0.25) is 0 Å². The van der Waals surface area contributed by atoms with Crippen molar-refractivity contribution in [3.63, 3.8) is 0 Å². The molecule has 1 aromatic heterocycles. The molecule has 0 aliphatic carbocycles. The molecule has 0 saturated carbocycles. The highest BCUT2D eigenvalue weighted by atomic mass is 15.0. The van der Waals surface area contributed by atoms with E-state index in [0.717, 1.165) is 18.8 Å². The molecule has 0 radical (unpaired) electrons. The molecule has 0 aromatic carbocycles. The molecule has 0 amide bonds. The molecule has 1 unspecified atom stereocenters. The fourth-order valence-corrected chi connectivity index (χ4v) is 1.64. The summed E-state index contributed by atoms with van der Waals surface area (Å²) < 4.78 is 0. The summed E-state index contributed by atoms with van der Waals surface area (Å²) in [5, 5.41) is 3.42. The van der Waals surface area contributed by atoms with Crippen LogP contribution < -0.4 is 5.32 Å². The van der Waals surface area contributed by atoms with Crippen LogP contribution in [0.1, 0.15) is 31.4 Å². The molecule has 1 N–H and O–H groups in total. The predicted octanol–water partition coefficient (Wildman–Crippen LogP) is 1.92. The molecular formula is C11H15N3. The minimum Gasteiger partial charge on any atom is -0.367 e. The van der Waals surface area contributed by atoms with Gasteiger partial charge in [0.1, 0.15) is 0 Å². The number of amidine groups is 1. The lowest BCUT2D eigenvalue weighted by Crippen LogP contribution is -2.24. The van der Waals surface area contributed by atoms with Gasteiger partial charge < -0.3 is 5.32 Å². The summed E-state index contributed by atoms with van der Waals surface area (Å²) in [7, 11) is 0. The van der Waals surface area contributed by atoms with Crippen LogP contribution in [-0.2, 0) is 0 Å². The smallest absolute Gasteiger partial charge is 0.0968 e. The minimum absolute atomic E-state index is 0.329. The van der Waals surface area contributed by atoms with Crippen molar-refractivity contribution in [1.29, 1.82) is 0 Å². The standard InChI is InChI=1S/C11H15N3/c1-9(10-4-7-12-8-5-10)14-11-3-2-6-13-11/h4-5,7-9H,2-3,6H2,1H3,(H,13,14). The van der Waals surface area contributed by atoms with Crippen molar-refractivity contribution in [3.8, 4) is 0 Å². The van der Waals surface area contributed by atoms with Gasteiger partial charge in [0.05, 0.1) is 5.84 Å². The molecule has 0 bridgehead atoms. The van der Waals surface area contributed by atoms with E-state index in [0.29, 0.717) is 6.04 Å². The Bertz CT molecular complexity index is 319. The molecule has 14 heavy (non-hydrogen) atoms. The summed E-state index contributed by atoms with van der Waals surface area (Å²) in [4.78, 5) is 8.39. The number of nitrogens with one attached hydrogen (secondary N) is 1. The van der Waals surface area contributed by atoms with Crippen molar-refractivity contribution in [2.45, 2.75) is 25.8 Å². The monoisotopic (exact) mass is 189 g/mol. The van der Waals surface area contributed by atoms with Crippen LogP contribution in [0.15, 0.2) is 29.5 Å². The molecule has 1 atom stereocenters. The van der Waals surface area contributed by atoms with Crippen LogP contribution in [0.3, 0.4) is 0 Å². The zero-order valence-electron chi connectivity index (χ0n) is 8.40. The molecule has 1 aliphatic rings. The molecule has 2 heterocycles. The van der Waals surface area contributed by atoms with E-state index in [9.17, 15) is 0 Å². The van der Waals surface area contributed by atoms with Crippen LogP contribution in [0.2, 0.25) is 0 Å². The maximum absolute atomic E-state index is 4.39. The summed E-state index contributed by atoms with van der Waals surface area (Å²) in [6, 6.07) is 4.40. The third-order valence-electron chi connectivity index (χ3n) is 2.46. The number of aromatic nitrogens is 1. The van der Waals surface area contributed by atoms with Gasteiger partial charge in [-0.1, -0.05) is 0 Å². The van der Waals surface area contributed by atoms with E-state index >= 15 is 0 Å². The SMILES string of the molecule is CC(NC1=NCCC1)c1ccncc1. The molecule has 74 valence electrons. The second kappa shape index (κ2) is 4.22. The van der Waals surface area contributed by atoms with E-state index in [4.69, 9.17) is 0 Å². The number of aliphatic imine (C=N–C) groups is 1. The van der Waals surface area contributed by atoms with Crippen LogP contribution in [0.25, 0.3) is 0 Å². The lowest BCUT2D eigenvalue weighted by atomic mass is 10.1. The zero-order valence-corrected chi connectivity index (χ0v) is 8.40. The van der Waals surface area contributed by atoms with E-state index in [1.807, 2.05) is 24.5 Å². The third-order valence-corrected chi connectivity index (χ3v) is 2.46. The minimum atomic E-state index is 0.329. The average Bonchev–Trinajstić information content (AvgIpc) is 2.72. The summed E-state index contributed by atoms with van der Waals surface area (Å²) in [6.07, 6.45) is 5.93. The van der Waals surface area contributed by atoms with Crippen molar-refractivity contribution >= 4 is 5.84 Å². The molecule has 2 rings (SSSR count). The van der Waals surface area contributed by atoms with E-state index < -0.39 is 0 Å². The van der Waals surface area contributed by atoms with E-state index in [1.54, 1.807) is 0 Å². The van der Waals surface area contributed by atoms with Gasteiger partial charge in [-0.25, -0.2) is 0 Å². The van der Waals surface area contributed by atoms with E-state index in [1.165, 1.54) is 12.0 Å². The third kappa shape index (κ3) is 2.10. The summed E-state index contributed by atoms with van der Waals surface area (Å²) >= 11 is 0. The summed E-state index contributed by atoms with van der Waals surface area (Å²) in [5.74, 6) is 1.15.